The van der Waals surface area contributed by atoms with Gasteiger partial charge >= 0.3 is 0 Å². The van der Waals surface area contributed by atoms with Gasteiger partial charge in [-0.1, -0.05) is 30.3 Å². The van der Waals surface area contributed by atoms with Gasteiger partial charge in [-0.25, -0.2) is 8.78 Å². The van der Waals surface area contributed by atoms with Crippen LogP contribution in [0.1, 0.15) is 29.7 Å². The Bertz CT molecular complexity index is 1090. The van der Waals surface area contributed by atoms with Gasteiger partial charge in [0.2, 0.25) is 0 Å². The molecule has 2 unspecified atom stereocenters. The summed E-state index contributed by atoms with van der Waals surface area (Å²) >= 11 is 0. The molecule has 30 heavy (non-hydrogen) atoms. The minimum Gasteiger partial charge on any atom is -0.505 e. The summed E-state index contributed by atoms with van der Waals surface area (Å²) in [5.41, 5.74) is 9.71. The second-order valence-corrected chi connectivity index (χ2v) is 7.49. The van der Waals surface area contributed by atoms with Crippen LogP contribution in [0.25, 0.3) is 11.3 Å². The van der Waals surface area contributed by atoms with E-state index in [-0.39, 0.29) is 11.5 Å². The van der Waals surface area contributed by atoms with Gasteiger partial charge in [0.25, 0.3) is 6.73 Å². The molecular weight excluding hydrogens is 388 g/mol. The molecule has 0 aliphatic carbocycles. The number of halogens is 2. The van der Waals surface area contributed by atoms with Crippen LogP contribution in [0.15, 0.2) is 48.5 Å². The van der Waals surface area contributed by atoms with Crippen molar-refractivity contribution in [3.63, 3.8) is 0 Å². The number of aromatic hydroxyl groups is 1. The molecule has 7 heteroatoms. The SMILES string of the molecule is CC[N+]1(c2cc(C(CN)c3ccccc3)nc(-c3cc(O)c(F)cc3F)c2C)CO1. The van der Waals surface area contributed by atoms with Crippen molar-refractivity contribution in [2.45, 2.75) is 19.8 Å². The van der Waals surface area contributed by atoms with Gasteiger partial charge in [0.05, 0.1) is 11.4 Å². The Balaban J connectivity index is 1.96. The van der Waals surface area contributed by atoms with Crippen molar-refractivity contribution in [1.82, 2.24) is 9.63 Å². The van der Waals surface area contributed by atoms with Gasteiger partial charge in [-0.05, 0) is 25.5 Å². The van der Waals surface area contributed by atoms with E-state index in [1.165, 1.54) is 0 Å². The topological polar surface area (TPSA) is 71.7 Å². The van der Waals surface area contributed by atoms with Crippen LogP contribution < -0.4 is 10.4 Å². The number of hydrogen-bond acceptors (Lipinski definition) is 4. The zero-order valence-electron chi connectivity index (χ0n) is 16.9. The Morgan fingerprint density at radius 1 is 1.17 bits per heavy atom. The summed E-state index contributed by atoms with van der Waals surface area (Å²) in [6.45, 7) is 5.35. The Morgan fingerprint density at radius 2 is 1.87 bits per heavy atom. The number of nitrogens with two attached hydrogens (primary N) is 1. The largest absolute Gasteiger partial charge is 0.505 e. The van der Waals surface area contributed by atoms with Crippen LogP contribution in [0.3, 0.4) is 0 Å². The van der Waals surface area contributed by atoms with Crippen molar-refractivity contribution >= 4 is 5.69 Å². The molecule has 156 valence electrons. The number of nitrogens with zero attached hydrogens (tertiary/aromatic N) is 2. The lowest BCUT2D eigenvalue weighted by Crippen LogP contribution is -2.27. The third kappa shape index (κ3) is 3.45. The van der Waals surface area contributed by atoms with Crippen LogP contribution in [0.2, 0.25) is 0 Å². The summed E-state index contributed by atoms with van der Waals surface area (Å²) in [6.07, 6.45) is 0. The number of benzene rings is 2. The van der Waals surface area contributed by atoms with E-state index in [2.05, 4.69) is 0 Å². The highest BCUT2D eigenvalue weighted by atomic mass is 19.1. The molecule has 0 spiro atoms. The van der Waals surface area contributed by atoms with Crippen molar-refractivity contribution in [3.05, 3.63) is 77.0 Å². The molecule has 3 N–H and O–H groups in total. The van der Waals surface area contributed by atoms with Crippen LogP contribution in [0.4, 0.5) is 14.5 Å². The summed E-state index contributed by atoms with van der Waals surface area (Å²) in [7, 11) is 0. The Labute approximate surface area is 173 Å². The summed E-state index contributed by atoms with van der Waals surface area (Å²) in [6, 6.07) is 13.4. The van der Waals surface area contributed by atoms with Gasteiger partial charge < -0.3 is 10.8 Å². The van der Waals surface area contributed by atoms with Crippen molar-refractivity contribution in [2.75, 3.05) is 19.8 Å². The predicted molar refractivity (Wildman–Crippen MR) is 112 cm³/mol. The lowest BCUT2D eigenvalue weighted by molar-refractivity contribution is 0.209. The first kappa shape index (κ1) is 20.4. The molecule has 0 bridgehead atoms. The summed E-state index contributed by atoms with van der Waals surface area (Å²) in [5, 5.41) is 9.85. The molecule has 1 aromatic heterocycles. The average molecular weight is 412 g/mol. The number of pyridine rings is 1. The zero-order valence-corrected chi connectivity index (χ0v) is 16.9. The molecule has 2 aromatic carbocycles. The molecule has 1 aliphatic rings. The number of quaternary nitrogens is 1. The van der Waals surface area contributed by atoms with E-state index >= 15 is 0 Å². The maximum Gasteiger partial charge on any atom is 0.270 e. The third-order valence-electron chi connectivity index (χ3n) is 5.74. The number of phenolic OH excluding ortho intramolecular Hbond substituents is 1. The molecule has 3 aromatic rings. The molecule has 5 nitrogen and oxygen atoms in total. The first-order valence-corrected chi connectivity index (χ1v) is 9.87. The number of aromatic nitrogens is 1. The van der Waals surface area contributed by atoms with Crippen molar-refractivity contribution < 1.29 is 18.7 Å². The van der Waals surface area contributed by atoms with E-state index in [0.717, 1.165) is 17.3 Å². The van der Waals surface area contributed by atoms with E-state index in [9.17, 15) is 13.9 Å². The number of hydrogen-bond donors (Lipinski definition) is 2. The molecule has 0 radical (unpaired) electrons. The first-order chi connectivity index (χ1) is 14.4. The van der Waals surface area contributed by atoms with Crippen molar-refractivity contribution in [1.29, 1.82) is 0 Å². The normalized spacial score (nSPS) is 19.0. The van der Waals surface area contributed by atoms with Crippen LogP contribution in [-0.4, -0.2) is 29.9 Å². The first-order valence-electron chi connectivity index (χ1n) is 9.87. The van der Waals surface area contributed by atoms with Gasteiger partial charge in [-0.3, -0.25) is 4.98 Å². The lowest BCUT2D eigenvalue weighted by Gasteiger charge is -2.21. The summed E-state index contributed by atoms with van der Waals surface area (Å²) in [4.78, 5) is 10.5. The van der Waals surface area contributed by atoms with E-state index < -0.39 is 17.4 Å². The van der Waals surface area contributed by atoms with Gasteiger partial charge in [0, 0.05) is 35.7 Å². The zero-order chi connectivity index (χ0) is 21.5. The van der Waals surface area contributed by atoms with E-state index in [1.807, 2.05) is 50.2 Å². The van der Waals surface area contributed by atoms with Crippen molar-refractivity contribution in [3.8, 4) is 17.0 Å². The standard InChI is InChI=1S/C23H23F2N3O2/c1-3-28(13-30-28)21-11-20(17(12-26)15-7-5-4-6-8-15)27-23(14(21)2)16-9-22(29)19(25)10-18(16)24/h4-11,17H,3,12-13,26H2,1-2H3/p+1. The molecule has 0 saturated carbocycles. The number of phenols is 1. The second-order valence-electron chi connectivity index (χ2n) is 7.49. The number of hydroxylamine groups is 2. The quantitative estimate of drug-likeness (QED) is 0.466. The minimum atomic E-state index is -1.01. The van der Waals surface area contributed by atoms with E-state index in [0.29, 0.717) is 47.5 Å². The molecule has 2 atom stereocenters. The highest BCUT2D eigenvalue weighted by molar-refractivity contribution is 5.72. The van der Waals surface area contributed by atoms with Crippen molar-refractivity contribution in [2.24, 2.45) is 5.73 Å². The summed E-state index contributed by atoms with van der Waals surface area (Å²) < 4.78 is 28.7. The fourth-order valence-corrected chi connectivity index (χ4v) is 3.87. The fraction of sp³-hybridized carbons (Fsp3) is 0.261. The smallest absolute Gasteiger partial charge is 0.270 e. The minimum absolute atomic E-state index is 0.0365. The molecule has 4 rings (SSSR count). The molecule has 1 saturated heterocycles. The Hall–Kier alpha value is -2.87. The average Bonchev–Trinajstić information content (AvgIpc) is 3.54. The van der Waals surface area contributed by atoms with Crippen LogP contribution in [0, 0.1) is 18.6 Å². The van der Waals surface area contributed by atoms with Gasteiger partial charge in [-0.15, -0.1) is 9.48 Å². The van der Waals surface area contributed by atoms with E-state index in [1.54, 1.807) is 0 Å². The summed E-state index contributed by atoms with van der Waals surface area (Å²) in [5.74, 6) is -2.64. The maximum absolute atomic E-state index is 14.7. The second kappa shape index (κ2) is 7.75. The molecule has 1 aliphatic heterocycles. The maximum atomic E-state index is 14.7. The van der Waals surface area contributed by atoms with E-state index in [4.69, 9.17) is 15.6 Å². The van der Waals surface area contributed by atoms with Crippen LogP contribution in [-0.2, 0) is 4.84 Å². The monoisotopic (exact) mass is 412 g/mol. The van der Waals surface area contributed by atoms with Crippen LogP contribution in [0.5, 0.6) is 5.75 Å². The number of rotatable bonds is 6. The van der Waals surface area contributed by atoms with Gasteiger partial charge in [0.1, 0.15) is 12.4 Å². The Kier molecular flexibility index (Phi) is 5.27. The highest BCUT2D eigenvalue weighted by Gasteiger charge is 2.49. The molecule has 2 heterocycles. The molecule has 0 amide bonds. The Morgan fingerprint density at radius 3 is 2.47 bits per heavy atom. The highest BCUT2D eigenvalue weighted by Crippen LogP contribution is 2.42. The third-order valence-corrected chi connectivity index (χ3v) is 5.74. The van der Waals surface area contributed by atoms with Gasteiger partial charge in [-0.2, -0.15) is 0 Å². The van der Waals surface area contributed by atoms with Gasteiger partial charge in [0.15, 0.2) is 17.3 Å². The predicted octanol–water partition coefficient (Wildman–Crippen LogP) is 4.36. The fourth-order valence-electron chi connectivity index (χ4n) is 3.87. The molecular formula is C23H24F2N3O2+. The molecule has 1 fully saturated rings. The lowest BCUT2D eigenvalue weighted by atomic mass is 9.93. The van der Waals surface area contributed by atoms with Crippen LogP contribution >= 0.6 is 0 Å².